The van der Waals surface area contributed by atoms with Gasteiger partial charge in [-0.2, -0.15) is 0 Å². The number of methoxy groups -OCH3 is 1. The van der Waals surface area contributed by atoms with E-state index in [4.69, 9.17) is 14.2 Å². The molecule has 0 spiro atoms. The lowest BCUT2D eigenvalue weighted by Crippen LogP contribution is -2.45. The molecule has 3 aromatic carbocycles. The fraction of sp³-hybridized carbons (Fsp3) is 0.286. The molecule has 34 heavy (non-hydrogen) atoms. The van der Waals surface area contributed by atoms with E-state index >= 15 is 0 Å². The number of benzene rings is 3. The monoisotopic (exact) mass is 461 g/mol. The Balaban J connectivity index is 1.82. The Kier molecular flexibility index (Phi) is 8.30. The van der Waals surface area contributed by atoms with E-state index in [1.54, 1.807) is 27.9 Å². The number of carbonyl (C=O) groups is 2. The lowest BCUT2D eigenvalue weighted by molar-refractivity contribution is -0.147. The maximum atomic E-state index is 13.0. The summed E-state index contributed by atoms with van der Waals surface area (Å²) in [5.41, 5.74) is 2.90. The van der Waals surface area contributed by atoms with Crippen molar-refractivity contribution in [3.05, 3.63) is 90.0 Å². The molecule has 1 atom stereocenters. The molecule has 0 aliphatic heterocycles. The Labute approximate surface area is 200 Å². The van der Waals surface area contributed by atoms with Gasteiger partial charge in [0.25, 0.3) is 0 Å². The number of esters is 1. The highest BCUT2D eigenvalue weighted by molar-refractivity contribution is 5.82. The Morgan fingerprint density at radius 3 is 2.15 bits per heavy atom. The lowest BCUT2D eigenvalue weighted by Gasteiger charge is -2.23. The molecule has 1 amide bonds. The molecule has 0 saturated heterocycles. The molecule has 1 N–H and O–H groups in total. The van der Waals surface area contributed by atoms with Gasteiger partial charge in [0.1, 0.15) is 24.0 Å². The van der Waals surface area contributed by atoms with Crippen LogP contribution < -0.4 is 10.1 Å². The zero-order valence-electron chi connectivity index (χ0n) is 20.0. The van der Waals surface area contributed by atoms with Gasteiger partial charge in [-0.05, 0) is 49.6 Å². The van der Waals surface area contributed by atoms with Gasteiger partial charge >= 0.3 is 12.1 Å². The molecule has 0 aliphatic rings. The number of hydrogen-bond acceptors (Lipinski definition) is 5. The van der Waals surface area contributed by atoms with Crippen LogP contribution >= 0.6 is 0 Å². The van der Waals surface area contributed by atoms with Crippen molar-refractivity contribution in [3.8, 4) is 16.9 Å². The molecule has 0 aliphatic carbocycles. The minimum Gasteiger partial charge on any atom is -0.496 e. The number of amides is 1. The van der Waals surface area contributed by atoms with Crippen LogP contribution in [0.1, 0.15) is 31.9 Å². The highest BCUT2D eigenvalue weighted by Crippen LogP contribution is 2.31. The predicted octanol–water partition coefficient (Wildman–Crippen LogP) is 5.54. The van der Waals surface area contributed by atoms with Crippen LogP contribution in [0.15, 0.2) is 78.9 Å². The molecule has 6 heteroatoms. The fourth-order valence-electron chi connectivity index (χ4n) is 3.43. The first-order valence-corrected chi connectivity index (χ1v) is 11.2. The molecule has 0 fully saturated rings. The van der Waals surface area contributed by atoms with Crippen molar-refractivity contribution in [1.29, 1.82) is 0 Å². The molecule has 0 saturated carbocycles. The first kappa shape index (κ1) is 24.8. The summed E-state index contributed by atoms with van der Waals surface area (Å²) >= 11 is 0. The SMILES string of the molecule is COc1ccc(C[C@@H](NC(=O)OC(C)(C)C)C(=O)OCc2ccccc2)cc1-c1ccccc1. The molecular formula is C28H31NO5. The molecule has 178 valence electrons. The largest absolute Gasteiger partial charge is 0.496 e. The molecule has 3 aromatic rings. The minimum absolute atomic E-state index is 0.115. The summed E-state index contributed by atoms with van der Waals surface area (Å²) in [7, 11) is 1.62. The lowest BCUT2D eigenvalue weighted by atomic mass is 9.98. The van der Waals surface area contributed by atoms with E-state index in [-0.39, 0.29) is 13.0 Å². The predicted molar refractivity (Wildman–Crippen MR) is 132 cm³/mol. The van der Waals surface area contributed by atoms with Crippen molar-refractivity contribution in [3.63, 3.8) is 0 Å². The van der Waals surface area contributed by atoms with Gasteiger partial charge in [0.2, 0.25) is 0 Å². The molecule has 0 unspecified atom stereocenters. The fourth-order valence-corrected chi connectivity index (χ4v) is 3.43. The van der Waals surface area contributed by atoms with Crippen molar-refractivity contribution < 1.29 is 23.8 Å². The van der Waals surface area contributed by atoms with E-state index in [1.807, 2.05) is 78.9 Å². The molecule has 0 radical (unpaired) electrons. The van der Waals surface area contributed by atoms with E-state index in [9.17, 15) is 9.59 Å². The average molecular weight is 462 g/mol. The first-order valence-electron chi connectivity index (χ1n) is 11.2. The van der Waals surface area contributed by atoms with Gasteiger partial charge in [-0.25, -0.2) is 9.59 Å². The normalized spacial score (nSPS) is 11.9. The number of alkyl carbamates (subject to hydrolysis) is 1. The summed E-state index contributed by atoms with van der Waals surface area (Å²) in [6.45, 7) is 5.42. The van der Waals surface area contributed by atoms with Crippen LogP contribution in [0.2, 0.25) is 0 Å². The smallest absolute Gasteiger partial charge is 0.408 e. The minimum atomic E-state index is -0.921. The van der Waals surface area contributed by atoms with Gasteiger partial charge in [-0.1, -0.05) is 66.7 Å². The number of carbonyl (C=O) groups excluding carboxylic acids is 2. The van der Waals surface area contributed by atoms with Crippen LogP contribution in [0.3, 0.4) is 0 Å². The molecule has 6 nitrogen and oxygen atoms in total. The van der Waals surface area contributed by atoms with Crippen LogP contribution in [0.25, 0.3) is 11.1 Å². The topological polar surface area (TPSA) is 73.9 Å². The van der Waals surface area contributed by atoms with Crippen LogP contribution in [-0.2, 0) is 27.3 Å². The summed E-state index contributed by atoms with van der Waals surface area (Å²) in [5, 5.41) is 2.68. The van der Waals surface area contributed by atoms with Crippen molar-refractivity contribution >= 4 is 12.1 Å². The average Bonchev–Trinajstić information content (AvgIpc) is 2.82. The third-order valence-corrected chi connectivity index (χ3v) is 4.99. The highest BCUT2D eigenvalue weighted by atomic mass is 16.6. The van der Waals surface area contributed by atoms with Gasteiger partial charge in [0.05, 0.1) is 7.11 Å². The van der Waals surface area contributed by atoms with Crippen LogP contribution in [0.4, 0.5) is 4.79 Å². The third-order valence-electron chi connectivity index (χ3n) is 4.99. The van der Waals surface area contributed by atoms with Gasteiger partial charge < -0.3 is 19.5 Å². The van der Waals surface area contributed by atoms with Gasteiger partial charge in [-0.3, -0.25) is 0 Å². The maximum absolute atomic E-state index is 13.0. The Morgan fingerprint density at radius 1 is 0.882 bits per heavy atom. The first-order chi connectivity index (χ1) is 16.2. The Hall–Kier alpha value is -3.80. The van der Waals surface area contributed by atoms with Crippen molar-refractivity contribution in [1.82, 2.24) is 5.32 Å². The molecule has 0 heterocycles. The summed E-state index contributed by atoms with van der Waals surface area (Å²) < 4.78 is 16.4. The van der Waals surface area contributed by atoms with Crippen LogP contribution in [0.5, 0.6) is 5.75 Å². The van der Waals surface area contributed by atoms with Crippen molar-refractivity contribution in [2.24, 2.45) is 0 Å². The Morgan fingerprint density at radius 2 is 1.53 bits per heavy atom. The zero-order chi connectivity index (χ0) is 24.6. The summed E-state index contributed by atoms with van der Waals surface area (Å²) in [5.74, 6) is 0.185. The summed E-state index contributed by atoms with van der Waals surface area (Å²) in [4.78, 5) is 25.4. The van der Waals surface area contributed by atoms with E-state index < -0.39 is 23.7 Å². The summed E-state index contributed by atoms with van der Waals surface area (Å²) in [6, 6.07) is 24.0. The van der Waals surface area contributed by atoms with E-state index in [2.05, 4.69) is 5.32 Å². The third kappa shape index (κ3) is 7.37. The molecular weight excluding hydrogens is 430 g/mol. The van der Waals surface area contributed by atoms with E-state index in [0.717, 1.165) is 28.0 Å². The second-order valence-corrected chi connectivity index (χ2v) is 8.90. The summed E-state index contributed by atoms with van der Waals surface area (Å²) in [6.07, 6.45) is -0.442. The van der Waals surface area contributed by atoms with Crippen molar-refractivity contribution in [2.75, 3.05) is 7.11 Å². The van der Waals surface area contributed by atoms with E-state index in [0.29, 0.717) is 0 Å². The second kappa shape index (κ2) is 11.4. The number of rotatable bonds is 8. The second-order valence-electron chi connectivity index (χ2n) is 8.90. The van der Waals surface area contributed by atoms with Gasteiger partial charge in [0, 0.05) is 12.0 Å². The number of ether oxygens (including phenoxy) is 3. The number of hydrogen-bond donors (Lipinski definition) is 1. The standard InChI is InChI=1S/C28H31NO5/c1-28(2,3)34-27(31)29-24(26(30)33-19-20-11-7-5-8-12-20)18-21-15-16-25(32-4)23(17-21)22-13-9-6-10-14-22/h5-17,24H,18-19H2,1-4H3,(H,29,31)/t24-/m1/s1. The van der Waals surface area contributed by atoms with Crippen LogP contribution in [-0.4, -0.2) is 30.8 Å². The molecule has 3 rings (SSSR count). The maximum Gasteiger partial charge on any atom is 0.408 e. The van der Waals surface area contributed by atoms with E-state index in [1.165, 1.54) is 0 Å². The number of nitrogens with one attached hydrogen (secondary N) is 1. The van der Waals surface area contributed by atoms with Crippen molar-refractivity contribution in [2.45, 2.75) is 45.4 Å². The van der Waals surface area contributed by atoms with Gasteiger partial charge in [-0.15, -0.1) is 0 Å². The Bertz CT molecular complexity index is 1090. The zero-order valence-corrected chi connectivity index (χ0v) is 20.0. The quantitative estimate of drug-likeness (QED) is 0.446. The molecule has 0 bridgehead atoms. The van der Waals surface area contributed by atoms with Gasteiger partial charge in [0.15, 0.2) is 0 Å². The molecule has 0 aromatic heterocycles. The highest BCUT2D eigenvalue weighted by Gasteiger charge is 2.26. The van der Waals surface area contributed by atoms with Crippen LogP contribution in [0, 0.1) is 0 Å².